The first-order valence-electron chi connectivity index (χ1n) is 6.45. The number of esters is 1. The molecule has 104 valence electrons. The number of anilines is 1. The van der Waals surface area contributed by atoms with Gasteiger partial charge in [-0.1, -0.05) is 12.1 Å². The number of benzene rings is 1. The van der Waals surface area contributed by atoms with Gasteiger partial charge in [-0.25, -0.2) is 4.39 Å². The van der Waals surface area contributed by atoms with Crippen molar-refractivity contribution in [3.05, 3.63) is 30.1 Å². The molecule has 1 atom stereocenters. The molecule has 1 aliphatic heterocycles. The number of carbonyl (C=O) groups is 1. The van der Waals surface area contributed by atoms with Gasteiger partial charge in [-0.2, -0.15) is 0 Å². The highest BCUT2D eigenvalue weighted by Gasteiger charge is 2.26. The van der Waals surface area contributed by atoms with E-state index in [2.05, 4.69) is 4.90 Å². The molecule has 1 saturated heterocycles. The van der Waals surface area contributed by atoms with Gasteiger partial charge in [0.15, 0.2) is 0 Å². The number of hydrogen-bond acceptors (Lipinski definition) is 4. The molecule has 0 bridgehead atoms. The molecule has 1 aromatic carbocycles. The Morgan fingerprint density at radius 1 is 1.26 bits per heavy atom. The van der Waals surface area contributed by atoms with E-state index >= 15 is 0 Å². The predicted molar refractivity (Wildman–Crippen MR) is 71.7 cm³/mol. The maximum atomic E-state index is 13.7. The van der Waals surface area contributed by atoms with Gasteiger partial charge in [0.1, 0.15) is 11.9 Å². The van der Waals surface area contributed by atoms with Crippen molar-refractivity contribution in [3.63, 3.8) is 0 Å². The lowest BCUT2D eigenvalue weighted by molar-refractivity contribution is -0.146. The SMILES string of the molecule is COC(=O)[C@@H](C)N1CCN(c2ccccc2F)CC1. The Labute approximate surface area is 112 Å². The minimum atomic E-state index is -0.243. The molecular weight excluding hydrogens is 247 g/mol. The molecule has 1 aromatic rings. The molecule has 1 fully saturated rings. The molecule has 1 heterocycles. The summed E-state index contributed by atoms with van der Waals surface area (Å²) in [5, 5.41) is 0. The highest BCUT2D eigenvalue weighted by atomic mass is 19.1. The van der Waals surface area contributed by atoms with Crippen molar-refractivity contribution in [2.75, 3.05) is 38.2 Å². The van der Waals surface area contributed by atoms with Crippen LogP contribution in [-0.4, -0.2) is 50.2 Å². The Balaban J connectivity index is 1.96. The van der Waals surface area contributed by atoms with Gasteiger partial charge in [-0.3, -0.25) is 9.69 Å². The summed E-state index contributed by atoms with van der Waals surface area (Å²) in [6.07, 6.45) is 0. The summed E-state index contributed by atoms with van der Waals surface area (Å²) in [4.78, 5) is 15.5. The third-order valence-corrected chi connectivity index (χ3v) is 3.60. The van der Waals surface area contributed by atoms with E-state index in [1.165, 1.54) is 13.2 Å². The molecule has 0 aliphatic carbocycles. The van der Waals surface area contributed by atoms with E-state index in [1.54, 1.807) is 12.1 Å². The van der Waals surface area contributed by atoms with E-state index in [1.807, 2.05) is 17.9 Å². The van der Waals surface area contributed by atoms with Gasteiger partial charge in [-0.05, 0) is 19.1 Å². The van der Waals surface area contributed by atoms with Crippen LogP contribution in [0.1, 0.15) is 6.92 Å². The van der Waals surface area contributed by atoms with Crippen LogP contribution in [0.3, 0.4) is 0 Å². The fourth-order valence-corrected chi connectivity index (χ4v) is 2.38. The first-order valence-corrected chi connectivity index (χ1v) is 6.45. The zero-order chi connectivity index (χ0) is 13.8. The van der Waals surface area contributed by atoms with Gasteiger partial charge in [0.25, 0.3) is 0 Å². The Morgan fingerprint density at radius 3 is 2.47 bits per heavy atom. The lowest BCUT2D eigenvalue weighted by Crippen LogP contribution is -2.52. The lowest BCUT2D eigenvalue weighted by Gasteiger charge is -2.38. The number of para-hydroxylation sites is 1. The van der Waals surface area contributed by atoms with Crippen LogP contribution in [0.4, 0.5) is 10.1 Å². The number of methoxy groups -OCH3 is 1. The quantitative estimate of drug-likeness (QED) is 0.776. The normalized spacial score (nSPS) is 18.2. The van der Waals surface area contributed by atoms with Gasteiger partial charge in [0, 0.05) is 26.2 Å². The van der Waals surface area contributed by atoms with E-state index in [-0.39, 0.29) is 17.8 Å². The largest absolute Gasteiger partial charge is 0.468 e. The maximum Gasteiger partial charge on any atom is 0.322 e. The first-order chi connectivity index (χ1) is 9.13. The number of nitrogens with zero attached hydrogens (tertiary/aromatic N) is 2. The van der Waals surface area contributed by atoms with Crippen molar-refractivity contribution in [3.8, 4) is 0 Å². The molecule has 5 heteroatoms. The second-order valence-electron chi connectivity index (χ2n) is 4.67. The number of piperazine rings is 1. The molecule has 0 aromatic heterocycles. The molecule has 4 nitrogen and oxygen atoms in total. The Morgan fingerprint density at radius 2 is 1.89 bits per heavy atom. The minimum absolute atomic E-state index is 0.197. The van der Waals surface area contributed by atoms with Crippen molar-refractivity contribution in [2.24, 2.45) is 0 Å². The van der Waals surface area contributed by atoms with E-state index in [0.29, 0.717) is 18.8 Å². The van der Waals surface area contributed by atoms with Gasteiger partial charge < -0.3 is 9.64 Å². The Hall–Kier alpha value is -1.62. The zero-order valence-electron chi connectivity index (χ0n) is 11.3. The molecule has 0 amide bonds. The third-order valence-electron chi connectivity index (χ3n) is 3.60. The van der Waals surface area contributed by atoms with Gasteiger partial charge >= 0.3 is 5.97 Å². The Bertz CT molecular complexity index is 445. The average Bonchev–Trinajstić information content (AvgIpc) is 2.46. The summed E-state index contributed by atoms with van der Waals surface area (Å²) < 4.78 is 18.4. The molecule has 0 spiro atoms. The molecule has 0 radical (unpaired) electrons. The maximum absolute atomic E-state index is 13.7. The third kappa shape index (κ3) is 3.04. The zero-order valence-corrected chi connectivity index (χ0v) is 11.3. The van der Waals surface area contributed by atoms with Crippen LogP contribution in [0.5, 0.6) is 0 Å². The number of rotatable bonds is 3. The molecule has 0 unspecified atom stereocenters. The van der Waals surface area contributed by atoms with Gasteiger partial charge in [0.05, 0.1) is 12.8 Å². The predicted octanol–water partition coefficient (Wildman–Crippen LogP) is 1.51. The second kappa shape index (κ2) is 6.02. The first kappa shape index (κ1) is 13.8. The van der Waals surface area contributed by atoms with Crippen molar-refractivity contribution in [1.29, 1.82) is 0 Å². The van der Waals surface area contributed by atoms with Crippen LogP contribution < -0.4 is 4.90 Å². The van der Waals surface area contributed by atoms with Gasteiger partial charge in [-0.15, -0.1) is 0 Å². The average molecular weight is 266 g/mol. The smallest absolute Gasteiger partial charge is 0.322 e. The van der Waals surface area contributed by atoms with Crippen LogP contribution in [0.25, 0.3) is 0 Å². The number of ether oxygens (including phenoxy) is 1. The fraction of sp³-hybridized carbons (Fsp3) is 0.500. The topological polar surface area (TPSA) is 32.8 Å². The van der Waals surface area contributed by atoms with Crippen LogP contribution in [0, 0.1) is 5.82 Å². The summed E-state index contributed by atoms with van der Waals surface area (Å²) in [6.45, 7) is 4.71. The number of halogens is 1. The van der Waals surface area contributed by atoms with E-state index in [9.17, 15) is 9.18 Å². The molecule has 1 aliphatic rings. The van der Waals surface area contributed by atoms with Gasteiger partial charge in [0.2, 0.25) is 0 Å². The van der Waals surface area contributed by atoms with Crippen molar-refractivity contribution in [2.45, 2.75) is 13.0 Å². The van der Waals surface area contributed by atoms with E-state index in [4.69, 9.17) is 4.74 Å². The van der Waals surface area contributed by atoms with Crippen molar-refractivity contribution >= 4 is 11.7 Å². The summed E-state index contributed by atoms with van der Waals surface area (Å²) in [5.74, 6) is -0.420. The monoisotopic (exact) mass is 266 g/mol. The van der Waals surface area contributed by atoms with Crippen molar-refractivity contribution < 1.29 is 13.9 Å². The fourth-order valence-electron chi connectivity index (χ4n) is 2.38. The molecule has 0 saturated carbocycles. The highest BCUT2D eigenvalue weighted by molar-refractivity contribution is 5.75. The van der Waals surface area contributed by atoms with Crippen LogP contribution >= 0.6 is 0 Å². The van der Waals surface area contributed by atoms with Crippen LogP contribution in [0.2, 0.25) is 0 Å². The summed E-state index contributed by atoms with van der Waals surface area (Å²) >= 11 is 0. The van der Waals surface area contributed by atoms with Crippen LogP contribution in [0.15, 0.2) is 24.3 Å². The molecular formula is C14H19FN2O2. The lowest BCUT2D eigenvalue weighted by atomic mass is 10.2. The second-order valence-corrected chi connectivity index (χ2v) is 4.67. The summed E-state index contributed by atoms with van der Waals surface area (Å²) in [7, 11) is 1.40. The summed E-state index contributed by atoms with van der Waals surface area (Å²) in [6, 6.07) is 6.54. The minimum Gasteiger partial charge on any atom is -0.468 e. The van der Waals surface area contributed by atoms with Crippen LogP contribution in [-0.2, 0) is 9.53 Å². The molecule has 0 N–H and O–H groups in total. The standard InChI is InChI=1S/C14H19FN2O2/c1-11(14(18)19-2)16-7-9-17(10-8-16)13-6-4-3-5-12(13)15/h3-6,11H,7-10H2,1-2H3/t11-/m1/s1. The molecule has 19 heavy (non-hydrogen) atoms. The summed E-state index contributed by atoms with van der Waals surface area (Å²) in [5.41, 5.74) is 0.632. The van der Waals surface area contributed by atoms with E-state index in [0.717, 1.165) is 13.1 Å². The van der Waals surface area contributed by atoms with E-state index < -0.39 is 0 Å². The Kier molecular flexibility index (Phi) is 4.37. The number of carbonyl (C=O) groups excluding carboxylic acids is 1. The molecule has 2 rings (SSSR count). The van der Waals surface area contributed by atoms with Crippen molar-refractivity contribution in [1.82, 2.24) is 4.90 Å². The highest BCUT2D eigenvalue weighted by Crippen LogP contribution is 2.20. The number of hydrogen-bond donors (Lipinski definition) is 0.